The fourth-order valence-corrected chi connectivity index (χ4v) is 0. The molecule has 0 heterocycles. The first-order chi connectivity index (χ1) is 2.00. The summed E-state index contributed by atoms with van der Waals surface area (Å²) >= 11 is 0. The van der Waals surface area contributed by atoms with Crippen LogP contribution in [0.2, 0.25) is 0 Å². The van der Waals surface area contributed by atoms with Crippen LogP contribution < -0.4 is 59.1 Å². The maximum atomic E-state index is 2.12. The number of hydrogen-bond donors (Lipinski definition) is 0. The number of quaternary nitrogens is 1. The van der Waals surface area contributed by atoms with E-state index in [1.54, 1.807) is 0 Å². The van der Waals surface area contributed by atoms with Gasteiger partial charge in [-0.3, -0.25) is 0 Å². The Kier molecular flexibility index (Phi) is 13.9. The van der Waals surface area contributed by atoms with E-state index in [4.69, 9.17) is 0 Å². The average Bonchev–Trinajstić information content (AvgIpc) is 0.722. The van der Waals surface area contributed by atoms with Crippen LogP contribution in [0.3, 0.4) is 0 Å². The fourth-order valence-electron chi connectivity index (χ4n) is 0. The van der Waals surface area contributed by atoms with Gasteiger partial charge in [-0.2, -0.15) is 0 Å². The Morgan fingerprint density at radius 2 is 0.714 bits per heavy atom. The molecule has 32 valence electrons. The van der Waals surface area contributed by atoms with E-state index in [1.807, 2.05) is 0 Å². The van der Waals surface area contributed by atoms with Crippen molar-refractivity contribution in [2.24, 2.45) is 0 Å². The molecule has 0 amide bonds. The normalized spacial score (nSPS) is 8.57. The molecule has 0 saturated carbocycles. The molecule has 0 spiro atoms. The number of nitrogens with zero attached hydrogens (tertiary/aromatic N) is 1. The molecule has 0 radical (unpaired) electrons. The molecule has 0 aromatic carbocycles. The molecular formula is C4H12NNa2+3. The summed E-state index contributed by atoms with van der Waals surface area (Å²) < 4.78 is 1.00. The summed E-state index contributed by atoms with van der Waals surface area (Å²) in [5.74, 6) is 0. The smallest absolute Gasteiger partial charge is 0.333 e. The largest absolute Gasteiger partial charge is 1.00 e. The van der Waals surface area contributed by atoms with Crippen LogP contribution in [-0.4, -0.2) is 32.7 Å². The van der Waals surface area contributed by atoms with Gasteiger partial charge in [-0.15, -0.1) is 0 Å². The topological polar surface area (TPSA) is 0 Å². The van der Waals surface area contributed by atoms with Crippen molar-refractivity contribution in [3.8, 4) is 0 Å². The molecule has 0 aliphatic heterocycles. The van der Waals surface area contributed by atoms with E-state index in [9.17, 15) is 0 Å². The third-order valence-electron chi connectivity index (χ3n) is 0. The number of rotatable bonds is 0. The van der Waals surface area contributed by atoms with Gasteiger partial charge in [0.05, 0.1) is 28.2 Å². The van der Waals surface area contributed by atoms with Crippen molar-refractivity contribution in [2.75, 3.05) is 28.2 Å². The monoisotopic (exact) mass is 120 g/mol. The predicted molar refractivity (Wildman–Crippen MR) is 24.0 cm³/mol. The van der Waals surface area contributed by atoms with E-state index in [-0.39, 0.29) is 59.1 Å². The summed E-state index contributed by atoms with van der Waals surface area (Å²) in [6.45, 7) is 0. The van der Waals surface area contributed by atoms with Crippen molar-refractivity contribution in [2.45, 2.75) is 0 Å². The van der Waals surface area contributed by atoms with E-state index in [2.05, 4.69) is 28.2 Å². The van der Waals surface area contributed by atoms with Crippen molar-refractivity contribution in [3.05, 3.63) is 0 Å². The van der Waals surface area contributed by atoms with Crippen LogP contribution in [0.15, 0.2) is 0 Å². The predicted octanol–water partition coefficient (Wildman–Crippen LogP) is -5.67. The van der Waals surface area contributed by atoms with E-state index in [0.717, 1.165) is 4.48 Å². The van der Waals surface area contributed by atoms with Crippen LogP contribution >= 0.6 is 0 Å². The van der Waals surface area contributed by atoms with Gasteiger partial charge in [-0.05, 0) is 0 Å². The second kappa shape index (κ2) is 6.09. The summed E-state index contributed by atoms with van der Waals surface area (Å²) in [4.78, 5) is 0. The van der Waals surface area contributed by atoms with Gasteiger partial charge in [0, 0.05) is 0 Å². The zero-order chi connectivity index (χ0) is 4.50. The molecule has 0 aliphatic rings. The third kappa shape index (κ3) is 73.6. The van der Waals surface area contributed by atoms with Crippen LogP contribution in [0, 0.1) is 0 Å². The van der Waals surface area contributed by atoms with E-state index < -0.39 is 0 Å². The van der Waals surface area contributed by atoms with Gasteiger partial charge in [0.15, 0.2) is 0 Å². The second-order valence-electron chi connectivity index (χ2n) is 2.68. The van der Waals surface area contributed by atoms with Crippen molar-refractivity contribution in [1.29, 1.82) is 0 Å². The average molecular weight is 120 g/mol. The second-order valence-corrected chi connectivity index (χ2v) is 2.68. The molecular weight excluding hydrogens is 108 g/mol. The van der Waals surface area contributed by atoms with Crippen molar-refractivity contribution >= 4 is 0 Å². The Balaban J connectivity index is -0.0000000800. The van der Waals surface area contributed by atoms with Crippen molar-refractivity contribution < 1.29 is 63.6 Å². The first-order valence-electron chi connectivity index (χ1n) is 1.79. The van der Waals surface area contributed by atoms with Gasteiger partial charge in [-0.25, -0.2) is 0 Å². The van der Waals surface area contributed by atoms with Gasteiger partial charge in [-0.1, -0.05) is 0 Å². The summed E-state index contributed by atoms with van der Waals surface area (Å²) in [6.07, 6.45) is 0. The van der Waals surface area contributed by atoms with E-state index >= 15 is 0 Å². The third-order valence-corrected chi connectivity index (χ3v) is 0. The molecule has 7 heavy (non-hydrogen) atoms. The van der Waals surface area contributed by atoms with Crippen molar-refractivity contribution in [1.82, 2.24) is 0 Å². The summed E-state index contributed by atoms with van der Waals surface area (Å²) in [7, 11) is 8.50. The van der Waals surface area contributed by atoms with Crippen LogP contribution in [-0.2, 0) is 0 Å². The minimum absolute atomic E-state index is 0. The Morgan fingerprint density at radius 3 is 0.714 bits per heavy atom. The standard InChI is InChI=1S/C4H12N.2Na/c1-5(2,3)4;;/h1-4H3;;/q3*+1. The van der Waals surface area contributed by atoms with Crippen LogP contribution in [0.4, 0.5) is 0 Å². The van der Waals surface area contributed by atoms with Gasteiger partial charge in [0.25, 0.3) is 0 Å². The Hall–Kier alpha value is 1.96. The fraction of sp³-hybridized carbons (Fsp3) is 1.00. The first kappa shape index (κ1) is 16.0. The minimum atomic E-state index is 0. The molecule has 0 aromatic heterocycles. The Bertz CT molecular complexity index is 25.2. The Labute approximate surface area is 90.6 Å². The first-order valence-corrected chi connectivity index (χ1v) is 1.79. The van der Waals surface area contributed by atoms with Crippen molar-refractivity contribution in [3.63, 3.8) is 0 Å². The molecule has 0 atom stereocenters. The molecule has 0 bridgehead atoms. The molecule has 0 rings (SSSR count). The molecule has 0 fully saturated rings. The molecule has 0 unspecified atom stereocenters. The van der Waals surface area contributed by atoms with Crippen LogP contribution in [0.25, 0.3) is 0 Å². The summed E-state index contributed by atoms with van der Waals surface area (Å²) in [5.41, 5.74) is 0. The minimum Gasteiger partial charge on any atom is -0.333 e. The van der Waals surface area contributed by atoms with Crippen LogP contribution in [0.1, 0.15) is 0 Å². The zero-order valence-corrected chi connectivity index (χ0v) is 10.4. The zero-order valence-electron chi connectivity index (χ0n) is 6.45. The van der Waals surface area contributed by atoms with Crippen LogP contribution in [0.5, 0.6) is 0 Å². The molecule has 0 aromatic rings. The summed E-state index contributed by atoms with van der Waals surface area (Å²) in [6, 6.07) is 0. The van der Waals surface area contributed by atoms with Gasteiger partial charge >= 0.3 is 59.1 Å². The molecule has 0 saturated heterocycles. The van der Waals surface area contributed by atoms with E-state index in [0.29, 0.717) is 0 Å². The van der Waals surface area contributed by atoms with E-state index in [1.165, 1.54) is 0 Å². The molecule has 0 N–H and O–H groups in total. The number of hydrogen-bond acceptors (Lipinski definition) is 0. The maximum absolute atomic E-state index is 2.12. The van der Waals surface area contributed by atoms with Gasteiger partial charge < -0.3 is 4.48 Å². The van der Waals surface area contributed by atoms with Gasteiger partial charge in [0.2, 0.25) is 0 Å². The summed E-state index contributed by atoms with van der Waals surface area (Å²) in [5, 5.41) is 0. The quantitative estimate of drug-likeness (QED) is 0.221. The molecule has 1 nitrogen and oxygen atoms in total. The SMILES string of the molecule is C[N+](C)(C)C.[Na+].[Na+]. The van der Waals surface area contributed by atoms with Gasteiger partial charge in [0.1, 0.15) is 0 Å². The Morgan fingerprint density at radius 1 is 0.714 bits per heavy atom. The molecule has 3 heteroatoms. The molecule has 0 aliphatic carbocycles. The maximum Gasteiger partial charge on any atom is 1.00 e.